The number of aromatic nitrogens is 3. The highest BCUT2D eigenvalue weighted by Crippen LogP contribution is 2.35. The van der Waals surface area contributed by atoms with Gasteiger partial charge in [-0.2, -0.15) is 18.3 Å². The van der Waals surface area contributed by atoms with E-state index in [1.54, 1.807) is 6.92 Å². The molecular formula is C16H15F5N4O2. The zero-order chi connectivity index (χ0) is 20.1. The largest absolute Gasteiger partial charge is 0.426 e. The van der Waals surface area contributed by atoms with E-state index in [-0.39, 0.29) is 18.9 Å². The molecule has 1 aliphatic heterocycles. The van der Waals surface area contributed by atoms with Gasteiger partial charge in [0.15, 0.2) is 11.6 Å². The summed E-state index contributed by atoms with van der Waals surface area (Å²) in [6.45, 7) is 1.62. The van der Waals surface area contributed by atoms with Crippen LogP contribution in [0.5, 0.6) is 0 Å². The first-order valence-electron chi connectivity index (χ1n) is 7.90. The Hall–Kier alpha value is -2.56. The second-order valence-corrected chi connectivity index (χ2v) is 6.58. The average molecular weight is 390 g/mol. The SMILES string of the molecule is C[C@H]1CN(C(=O)[C@@](C)(O)C(F)(F)F)Cc2cnn(-c3ncc(F)cc3F)c21. The van der Waals surface area contributed by atoms with Gasteiger partial charge in [-0.05, 0) is 6.92 Å². The fourth-order valence-corrected chi connectivity index (χ4v) is 3.04. The Morgan fingerprint density at radius 2 is 1.96 bits per heavy atom. The summed E-state index contributed by atoms with van der Waals surface area (Å²) in [5.41, 5.74) is -2.69. The van der Waals surface area contributed by atoms with Crippen molar-refractivity contribution in [3.8, 4) is 5.82 Å². The lowest BCUT2D eigenvalue weighted by atomic mass is 9.95. The number of pyridine rings is 1. The van der Waals surface area contributed by atoms with Gasteiger partial charge < -0.3 is 10.0 Å². The predicted molar refractivity (Wildman–Crippen MR) is 81.8 cm³/mol. The standard InChI is InChI=1S/C16H15F5N4O2/c1-8-6-24(14(26)15(2,27)16(19,20)21)7-9-4-23-25(12(8)9)13-11(18)3-10(17)5-22-13/h3-5,8,27H,6-7H2,1-2H3/t8-,15+/m0/s1. The van der Waals surface area contributed by atoms with Gasteiger partial charge in [0, 0.05) is 30.6 Å². The second kappa shape index (κ2) is 6.25. The van der Waals surface area contributed by atoms with Crippen LogP contribution in [0, 0.1) is 11.6 Å². The highest BCUT2D eigenvalue weighted by atomic mass is 19.4. The number of carbonyl (C=O) groups excluding carboxylic acids is 1. The molecule has 0 radical (unpaired) electrons. The van der Waals surface area contributed by atoms with Crippen LogP contribution in [0.3, 0.4) is 0 Å². The number of halogens is 5. The first-order chi connectivity index (χ1) is 12.4. The summed E-state index contributed by atoms with van der Waals surface area (Å²) in [5.74, 6) is -4.09. The number of alkyl halides is 3. The number of aliphatic hydroxyl groups is 1. The molecule has 1 aliphatic rings. The summed E-state index contributed by atoms with van der Waals surface area (Å²) >= 11 is 0. The fraction of sp³-hybridized carbons (Fsp3) is 0.438. The number of hydrogen-bond acceptors (Lipinski definition) is 4. The van der Waals surface area contributed by atoms with Crippen molar-refractivity contribution < 1.29 is 31.9 Å². The molecule has 2 aromatic heterocycles. The lowest BCUT2D eigenvalue weighted by molar-refractivity contribution is -0.250. The van der Waals surface area contributed by atoms with E-state index in [2.05, 4.69) is 10.1 Å². The zero-order valence-corrected chi connectivity index (χ0v) is 14.3. The summed E-state index contributed by atoms with van der Waals surface area (Å²) in [6, 6.07) is 0.639. The Morgan fingerprint density at radius 3 is 2.56 bits per heavy atom. The third-order valence-corrected chi connectivity index (χ3v) is 4.45. The molecule has 0 spiro atoms. The molecule has 3 heterocycles. The summed E-state index contributed by atoms with van der Waals surface area (Å²) < 4.78 is 67.0. The topological polar surface area (TPSA) is 71.2 Å². The molecule has 1 amide bonds. The summed E-state index contributed by atoms with van der Waals surface area (Å²) in [7, 11) is 0. The van der Waals surface area contributed by atoms with Crippen molar-refractivity contribution in [2.24, 2.45) is 0 Å². The van der Waals surface area contributed by atoms with Crippen LogP contribution >= 0.6 is 0 Å². The van der Waals surface area contributed by atoms with Gasteiger partial charge in [-0.15, -0.1) is 0 Å². The van der Waals surface area contributed by atoms with Crippen LogP contribution in [0.1, 0.15) is 31.0 Å². The summed E-state index contributed by atoms with van der Waals surface area (Å²) in [6.07, 6.45) is -3.03. The summed E-state index contributed by atoms with van der Waals surface area (Å²) in [5, 5.41) is 13.6. The first-order valence-corrected chi connectivity index (χ1v) is 7.90. The van der Waals surface area contributed by atoms with Gasteiger partial charge in [0.2, 0.25) is 5.60 Å². The van der Waals surface area contributed by atoms with E-state index in [4.69, 9.17) is 0 Å². The number of rotatable bonds is 2. The molecule has 3 rings (SSSR count). The molecule has 2 aromatic rings. The molecule has 146 valence electrons. The van der Waals surface area contributed by atoms with Crippen LogP contribution in [0.15, 0.2) is 18.5 Å². The minimum atomic E-state index is -5.13. The quantitative estimate of drug-likeness (QED) is 0.799. The number of fused-ring (bicyclic) bond motifs is 1. The van der Waals surface area contributed by atoms with Crippen molar-refractivity contribution in [3.63, 3.8) is 0 Å². The van der Waals surface area contributed by atoms with E-state index >= 15 is 0 Å². The van der Waals surface area contributed by atoms with Gasteiger partial charge in [0.1, 0.15) is 5.82 Å². The molecule has 27 heavy (non-hydrogen) atoms. The highest BCUT2D eigenvalue weighted by Gasteiger charge is 2.57. The number of amides is 1. The van der Waals surface area contributed by atoms with E-state index < -0.39 is 35.2 Å². The Balaban J connectivity index is 1.95. The molecule has 0 saturated carbocycles. The van der Waals surface area contributed by atoms with Crippen LogP contribution in [0.2, 0.25) is 0 Å². The second-order valence-electron chi connectivity index (χ2n) is 6.58. The molecule has 6 nitrogen and oxygen atoms in total. The third-order valence-electron chi connectivity index (χ3n) is 4.45. The van der Waals surface area contributed by atoms with Gasteiger partial charge in [0.25, 0.3) is 5.91 Å². The third kappa shape index (κ3) is 3.15. The fourth-order valence-electron chi connectivity index (χ4n) is 3.04. The normalized spacial score (nSPS) is 19.6. The van der Waals surface area contributed by atoms with Crippen LogP contribution in [-0.2, 0) is 11.3 Å². The molecule has 0 saturated heterocycles. The van der Waals surface area contributed by atoms with Crippen LogP contribution < -0.4 is 0 Å². The number of hydrogen-bond donors (Lipinski definition) is 1. The van der Waals surface area contributed by atoms with E-state index in [1.807, 2.05) is 0 Å². The van der Waals surface area contributed by atoms with Gasteiger partial charge in [-0.25, -0.2) is 18.4 Å². The Kier molecular flexibility index (Phi) is 4.45. The maximum Gasteiger partial charge on any atom is 0.426 e. The highest BCUT2D eigenvalue weighted by molar-refractivity contribution is 5.85. The van der Waals surface area contributed by atoms with Crippen molar-refractivity contribution in [3.05, 3.63) is 41.4 Å². The van der Waals surface area contributed by atoms with Gasteiger partial charge in [0.05, 0.1) is 18.1 Å². The van der Waals surface area contributed by atoms with Gasteiger partial charge >= 0.3 is 6.18 Å². The number of nitrogens with zero attached hydrogens (tertiary/aromatic N) is 4. The molecule has 11 heteroatoms. The Labute approximate surface area is 150 Å². The number of carbonyl (C=O) groups is 1. The molecule has 0 aromatic carbocycles. The van der Waals surface area contributed by atoms with E-state index in [0.717, 1.165) is 15.8 Å². The molecule has 1 N–H and O–H groups in total. The minimum absolute atomic E-state index is 0.146. The van der Waals surface area contributed by atoms with E-state index in [0.29, 0.717) is 24.2 Å². The van der Waals surface area contributed by atoms with E-state index in [1.165, 1.54) is 6.20 Å². The van der Waals surface area contributed by atoms with Crippen LogP contribution in [0.4, 0.5) is 22.0 Å². The Bertz CT molecular complexity index is 893. The van der Waals surface area contributed by atoms with Crippen molar-refractivity contribution in [1.82, 2.24) is 19.7 Å². The van der Waals surface area contributed by atoms with E-state index in [9.17, 15) is 31.9 Å². The maximum absolute atomic E-state index is 14.0. The molecular weight excluding hydrogens is 375 g/mol. The average Bonchev–Trinajstić information content (AvgIpc) is 2.97. The molecule has 0 fully saturated rings. The smallest absolute Gasteiger partial charge is 0.373 e. The predicted octanol–water partition coefficient (Wildman–Crippen LogP) is 2.30. The van der Waals surface area contributed by atoms with Crippen molar-refractivity contribution in [2.45, 2.75) is 38.1 Å². The lowest BCUT2D eigenvalue weighted by Crippen LogP contribution is -2.57. The molecule has 0 aliphatic carbocycles. The maximum atomic E-state index is 14.0. The first kappa shape index (κ1) is 19.2. The molecule has 0 bridgehead atoms. The molecule has 0 unspecified atom stereocenters. The lowest BCUT2D eigenvalue weighted by Gasteiger charge is -2.36. The minimum Gasteiger partial charge on any atom is -0.373 e. The van der Waals surface area contributed by atoms with Crippen molar-refractivity contribution in [1.29, 1.82) is 0 Å². The van der Waals surface area contributed by atoms with Gasteiger partial charge in [-0.1, -0.05) is 6.92 Å². The van der Waals surface area contributed by atoms with Crippen LogP contribution in [-0.4, -0.2) is 49.0 Å². The molecule has 2 atom stereocenters. The van der Waals surface area contributed by atoms with Gasteiger partial charge in [-0.3, -0.25) is 4.79 Å². The Morgan fingerprint density at radius 1 is 1.30 bits per heavy atom. The van der Waals surface area contributed by atoms with Crippen LogP contribution in [0.25, 0.3) is 5.82 Å². The van der Waals surface area contributed by atoms with Crippen molar-refractivity contribution in [2.75, 3.05) is 6.54 Å². The van der Waals surface area contributed by atoms with Crippen molar-refractivity contribution >= 4 is 5.91 Å². The summed E-state index contributed by atoms with van der Waals surface area (Å²) in [4.78, 5) is 16.8. The monoisotopic (exact) mass is 390 g/mol. The zero-order valence-electron chi connectivity index (χ0n) is 14.3.